The molecule has 0 aliphatic heterocycles. The van der Waals surface area contributed by atoms with Gasteiger partial charge in [-0.2, -0.15) is 0 Å². The minimum atomic E-state index is -0.125. The van der Waals surface area contributed by atoms with E-state index in [-0.39, 0.29) is 18.6 Å². The van der Waals surface area contributed by atoms with E-state index in [1.54, 1.807) is 0 Å². The summed E-state index contributed by atoms with van der Waals surface area (Å²) in [6.07, 6.45) is 1.01. The molecule has 3 nitrogen and oxygen atoms in total. The molecule has 0 heterocycles. The first-order valence-electron chi connectivity index (χ1n) is 8.18. The molecule has 2 aromatic carbocycles. The van der Waals surface area contributed by atoms with Crippen LogP contribution < -0.4 is 10.1 Å². The number of hydrogen-bond acceptors (Lipinski definition) is 2. The van der Waals surface area contributed by atoms with Gasteiger partial charge in [-0.1, -0.05) is 47.1 Å². The fourth-order valence-electron chi connectivity index (χ4n) is 2.55. The van der Waals surface area contributed by atoms with Crippen molar-refractivity contribution in [3.05, 3.63) is 63.1 Å². The molecule has 128 valence electrons. The summed E-state index contributed by atoms with van der Waals surface area (Å²) >= 11 is 3.53. The summed E-state index contributed by atoms with van der Waals surface area (Å²) in [5.74, 6) is 0.587. The second kappa shape index (κ2) is 8.34. The predicted molar refractivity (Wildman–Crippen MR) is 101 cm³/mol. The van der Waals surface area contributed by atoms with Gasteiger partial charge in [-0.25, -0.2) is 0 Å². The molecule has 0 aromatic heterocycles. The van der Waals surface area contributed by atoms with Crippen molar-refractivity contribution in [1.82, 2.24) is 5.32 Å². The van der Waals surface area contributed by atoms with Crippen LogP contribution in [0.2, 0.25) is 0 Å². The van der Waals surface area contributed by atoms with Crippen molar-refractivity contribution in [2.24, 2.45) is 0 Å². The molecule has 2 rings (SSSR count). The largest absolute Gasteiger partial charge is 0.484 e. The molecule has 0 aliphatic carbocycles. The third-order valence-corrected chi connectivity index (χ3v) is 5.30. The van der Waals surface area contributed by atoms with Gasteiger partial charge in [0, 0.05) is 4.47 Å². The lowest BCUT2D eigenvalue weighted by atomic mass is 10.1. The first-order chi connectivity index (χ1) is 11.4. The van der Waals surface area contributed by atoms with Gasteiger partial charge in [-0.3, -0.25) is 4.79 Å². The van der Waals surface area contributed by atoms with Gasteiger partial charge >= 0.3 is 0 Å². The highest BCUT2D eigenvalue weighted by Crippen LogP contribution is 2.26. The van der Waals surface area contributed by atoms with Crippen LogP contribution in [-0.2, 0) is 11.2 Å². The van der Waals surface area contributed by atoms with Crippen molar-refractivity contribution in [3.63, 3.8) is 0 Å². The molecule has 24 heavy (non-hydrogen) atoms. The van der Waals surface area contributed by atoms with Crippen LogP contribution in [0.4, 0.5) is 0 Å². The van der Waals surface area contributed by atoms with Crippen molar-refractivity contribution in [1.29, 1.82) is 0 Å². The highest BCUT2D eigenvalue weighted by molar-refractivity contribution is 9.10. The molecule has 0 saturated carbocycles. The van der Waals surface area contributed by atoms with Crippen molar-refractivity contribution in [2.45, 2.75) is 40.2 Å². The summed E-state index contributed by atoms with van der Waals surface area (Å²) in [5.41, 5.74) is 4.57. The van der Waals surface area contributed by atoms with Crippen molar-refractivity contribution in [2.75, 3.05) is 6.61 Å². The third-order valence-electron chi connectivity index (χ3n) is 4.05. The van der Waals surface area contributed by atoms with Crippen LogP contribution in [0.15, 0.2) is 40.9 Å². The number of rotatable bonds is 6. The monoisotopic (exact) mass is 389 g/mol. The summed E-state index contributed by atoms with van der Waals surface area (Å²) in [6.45, 7) is 8.13. The molecule has 1 N–H and O–H groups in total. The van der Waals surface area contributed by atoms with Gasteiger partial charge in [-0.15, -0.1) is 0 Å². The standard InChI is InChI=1S/C20H24BrNO2/c1-5-16-6-8-17(9-7-16)15(4)22-19(23)12-24-18-10-13(2)20(21)14(3)11-18/h6-11,15H,5,12H2,1-4H3,(H,22,23)/t15-/m1/s1. The van der Waals surface area contributed by atoms with Gasteiger partial charge in [0.25, 0.3) is 5.91 Å². The van der Waals surface area contributed by atoms with E-state index in [1.807, 2.05) is 32.9 Å². The summed E-state index contributed by atoms with van der Waals surface area (Å²) < 4.78 is 6.70. The lowest BCUT2D eigenvalue weighted by molar-refractivity contribution is -0.123. The van der Waals surface area contributed by atoms with E-state index in [4.69, 9.17) is 4.74 Å². The Morgan fingerprint density at radius 1 is 1.17 bits per heavy atom. The van der Waals surface area contributed by atoms with Crippen LogP contribution in [0.3, 0.4) is 0 Å². The molecule has 2 aromatic rings. The van der Waals surface area contributed by atoms with E-state index in [9.17, 15) is 4.79 Å². The summed E-state index contributed by atoms with van der Waals surface area (Å²) in [6, 6.07) is 12.1. The van der Waals surface area contributed by atoms with Crippen LogP contribution >= 0.6 is 15.9 Å². The van der Waals surface area contributed by atoms with E-state index in [0.29, 0.717) is 5.75 Å². The number of amides is 1. The topological polar surface area (TPSA) is 38.3 Å². The molecule has 0 radical (unpaired) electrons. The van der Waals surface area contributed by atoms with E-state index in [2.05, 4.69) is 52.4 Å². The molecule has 4 heteroatoms. The van der Waals surface area contributed by atoms with E-state index in [0.717, 1.165) is 27.6 Å². The second-order valence-electron chi connectivity index (χ2n) is 6.04. The maximum Gasteiger partial charge on any atom is 0.258 e. The predicted octanol–water partition coefficient (Wildman–Crippen LogP) is 4.88. The van der Waals surface area contributed by atoms with Gasteiger partial charge in [0.2, 0.25) is 0 Å². The average molecular weight is 390 g/mol. The molecule has 0 fully saturated rings. The average Bonchev–Trinajstić information content (AvgIpc) is 2.57. The van der Waals surface area contributed by atoms with Crippen LogP contribution in [0.1, 0.15) is 42.1 Å². The zero-order valence-corrected chi connectivity index (χ0v) is 16.2. The van der Waals surface area contributed by atoms with E-state index < -0.39 is 0 Å². The first-order valence-corrected chi connectivity index (χ1v) is 8.97. The van der Waals surface area contributed by atoms with Crippen LogP contribution in [0.25, 0.3) is 0 Å². The number of carbonyl (C=O) groups is 1. The SMILES string of the molecule is CCc1ccc([C@@H](C)NC(=O)COc2cc(C)c(Br)c(C)c2)cc1. The lowest BCUT2D eigenvalue weighted by Gasteiger charge is -2.15. The number of aryl methyl sites for hydroxylation is 3. The van der Waals surface area contributed by atoms with Crippen LogP contribution in [0.5, 0.6) is 5.75 Å². The molecule has 0 spiro atoms. The Balaban J connectivity index is 1.90. The van der Waals surface area contributed by atoms with Crippen LogP contribution in [-0.4, -0.2) is 12.5 Å². The van der Waals surface area contributed by atoms with Gasteiger partial charge in [0.05, 0.1) is 6.04 Å². The fourth-order valence-corrected chi connectivity index (χ4v) is 2.78. The van der Waals surface area contributed by atoms with Gasteiger partial charge < -0.3 is 10.1 Å². The number of halogens is 1. The number of ether oxygens (including phenoxy) is 1. The Morgan fingerprint density at radius 3 is 2.29 bits per heavy atom. The Hall–Kier alpha value is -1.81. The Labute approximate surface area is 152 Å². The number of carbonyl (C=O) groups excluding carboxylic acids is 1. The van der Waals surface area contributed by atoms with E-state index >= 15 is 0 Å². The van der Waals surface area contributed by atoms with Crippen molar-refractivity contribution >= 4 is 21.8 Å². The van der Waals surface area contributed by atoms with Gasteiger partial charge in [0.1, 0.15) is 5.75 Å². The smallest absolute Gasteiger partial charge is 0.258 e. The number of nitrogens with one attached hydrogen (secondary N) is 1. The summed E-state index contributed by atoms with van der Waals surface area (Å²) in [7, 11) is 0. The highest BCUT2D eigenvalue weighted by Gasteiger charge is 2.11. The molecule has 1 atom stereocenters. The Morgan fingerprint density at radius 2 is 1.75 bits per heavy atom. The number of benzene rings is 2. The minimum Gasteiger partial charge on any atom is -0.484 e. The maximum atomic E-state index is 12.1. The van der Waals surface area contributed by atoms with E-state index in [1.165, 1.54) is 5.56 Å². The lowest BCUT2D eigenvalue weighted by Crippen LogP contribution is -2.31. The molecule has 0 saturated heterocycles. The fraction of sp³-hybridized carbons (Fsp3) is 0.350. The van der Waals surface area contributed by atoms with Gasteiger partial charge in [-0.05, 0) is 61.6 Å². The molecule has 0 bridgehead atoms. The van der Waals surface area contributed by atoms with Crippen molar-refractivity contribution in [3.8, 4) is 5.75 Å². The zero-order valence-electron chi connectivity index (χ0n) is 14.7. The molecular weight excluding hydrogens is 366 g/mol. The Bertz CT molecular complexity index is 687. The quantitative estimate of drug-likeness (QED) is 0.763. The summed E-state index contributed by atoms with van der Waals surface area (Å²) in [4.78, 5) is 12.1. The van der Waals surface area contributed by atoms with Crippen LogP contribution in [0, 0.1) is 13.8 Å². The number of hydrogen-bond donors (Lipinski definition) is 1. The molecular formula is C20H24BrNO2. The normalized spacial score (nSPS) is 11.9. The highest BCUT2D eigenvalue weighted by atomic mass is 79.9. The minimum absolute atomic E-state index is 0.0118. The summed E-state index contributed by atoms with van der Waals surface area (Å²) in [5, 5.41) is 2.97. The Kier molecular flexibility index (Phi) is 6.44. The third kappa shape index (κ3) is 4.84. The first kappa shape index (κ1) is 18.5. The molecule has 1 amide bonds. The zero-order chi connectivity index (χ0) is 17.7. The van der Waals surface area contributed by atoms with Gasteiger partial charge in [0.15, 0.2) is 6.61 Å². The maximum absolute atomic E-state index is 12.1. The van der Waals surface area contributed by atoms with Crippen molar-refractivity contribution < 1.29 is 9.53 Å². The molecule has 0 unspecified atom stereocenters. The second-order valence-corrected chi connectivity index (χ2v) is 6.84. The molecule has 0 aliphatic rings.